The van der Waals surface area contributed by atoms with Crippen LogP contribution in [0.3, 0.4) is 0 Å². The molecule has 0 aliphatic heterocycles. The summed E-state index contributed by atoms with van der Waals surface area (Å²) in [4.78, 5) is 24.6. The highest BCUT2D eigenvalue weighted by molar-refractivity contribution is 5.76. The predicted octanol–water partition coefficient (Wildman–Crippen LogP) is 20.8. The van der Waals surface area contributed by atoms with Gasteiger partial charge in [-0.15, -0.1) is 0 Å². The molecule has 1 amide bonds. The molecule has 2 unspecified atom stereocenters. The summed E-state index contributed by atoms with van der Waals surface area (Å²) in [5.41, 5.74) is 0. The van der Waals surface area contributed by atoms with E-state index in [9.17, 15) is 19.8 Å². The Labute approximate surface area is 450 Å². The lowest BCUT2D eigenvalue weighted by Gasteiger charge is -2.22. The second-order valence-corrected chi connectivity index (χ2v) is 22.8. The van der Waals surface area contributed by atoms with Crippen molar-refractivity contribution in [1.82, 2.24) is 5.32 Å². The Morgan fingerprint density at radius 2 is 0.653 bits per heavy atom. The van der Waals surface area contributed by atoms with Gasteiger partial charge in [-0.2, -0.15) is 0 Å². The molecule has 0 fully saturated rings. The van der Waals surface area contributed by atoms with Crippen molar-refractivity contribution in [2.75, 3.05) is 13.2 Å². The van der Waals surface area contributed by atoms with Crippen molar-refractivity contribution in [2.45, 2.75) is 386 Å². The van der Waals surface area contributed by atoms with Crippen molar-refractivity contribution in [2.24, 2.45) is 0 Å². The molecule has 0 spiro atoms. The lowest BCUT2D eigenvalue weighted by atomic mass is 10.0. The van der Waals surface area contributed by atoms with Crippen molar-refractivity contribution in [3.8, 4) is 0 Å². The fourth-order valence-electron chi connectivity index (χ4n) is 10.5. The fraction of sp³-hybridized carbons (Fsp3) is 0.939. The number of unbranched alkanes of at least 4 members (excludes halogenated alkanes) is 49. The first kappa shape index (κ1) is 70.6. The van der Waals surface area contributed by atoms with E-state index in [0.717, 1.165) is 38.5 Å². The quantitative estimate of drug-likeness (QED) is 0.0320. The number of aliphatic hydroxyl groups excluding tert-OH is 2. The van der Waals surface area contributed by atoms with E-state index < -0.39 is 12.1 Å². The van der Waals surface area contributed by atoms with Crippen LogP contribution in [0.2, 0.25) is 0 Å². The number of rotatable bonds is 62. The third-order valence-corrected chi connectivity index (χ3v) is 15.6. The summed E-state index contributed by atoms with van der Waals surface area (Å²) in [5.74, 6) is -0.0222. The van der Waals surface area contributed by atoms with Gasteiger partial charge in [0.25, 0.3) is 0 Å². The van der Waals surface area contributed by atoms with E-state index in [1.54, 1.807) is 0 Å². The van der Waals surface area contributed by atoms with E-state index in [4.69, 9.17) is 4.74 Å². The monoisotopic (exact) mass is 1020 g/mol. The lowest BCUT2D eigenvalue weighted by molar-refractivity contribution is -0.143. The van der Waals surface area contributed by atoms with Gasteiger partial charge >= 0.3 is 5.97 Å². The maximum absolute atomic E-state index is 12.5. The molecule has 72 heavy (non-hydrogen) atoms. The van der Waals surface area contributed by atoms with Crippen molar-refractivity contribution >= 4 is 11.9 Å². The largest absolute Gasteiger partial charge is 0.466 e. The number of hydrogen-bond acceptors (Lipinski definition) is 5. The van der Waals surface area contributed by atoms with Gasteiger partial charge in [0.2, 0.25) is 5.91 Å². The molecule has 2 atom stereocenters. The van der Waals surface area contributed by atoms with Gasteiger partial charge in [-0.3, -0.25) is 9.59 Å². The molecule has 0 heterocycles. The highest BCUT2D eigenvalue weighted by Gasteiger charge is 2.20. The smallest absolute Gasteiger partial charge is 0.305 e. The predicted molar refractivity (Wildman–Crippen MR) is 315 cm³/mol. The maximum atomic E-state index is 12.5. The van der Waals surface area contributed by atoms with Crippen LogP contribution in [-0.2, 0) is 14.3 Å². The normalized spacial score (nSPS) is 12.6. The number of hydrogen-bond donors (Lipinski definition) is 3. The molecule has 0 aliphatic rings. The SMILES string of the molecule is CCCCCCCCCCCCCCCCCCCCC(=O)OCCCCCCCCCCCCCC/C=C\CCCCCCCCCC(=O)NC(CO)C(O)CCCCCCCCCCCCCCCC. The summed E-state index contributed by atoms with van der Waals surface area (Å²) >= 11 is 0. The first-order chi connectivity index (χ1) is 35.5. The molecule has 3 N–H and O–H groups in total. The molecule has 0 aliphatic carbocycles. The molecule has 6 nitrogen and oxygen atoms in total. The minimum absolute atomic E-state index is 0.0167. The Hall–Kier alpha value is -1.40. The van der Waals surface area contributed by atoms with E-state index in [2.05, 4.69) is 31.3 Å². The van der Waals surface area contributed by atoms with Crippen LogP contribution in [0.5, 0.6) is 0 Å². The first-order valence-electron chi connectivity index (χ1n) is 32.9. The number of esters is 1. The Morgan fingerprint density at radius 3 is 0.986 bits per heavy atom. The number of amides is 1. The molecular weight excluding hydrogens is 887 g/mol. The van der Waals surface area contributed by atoms with Crippen molar-refractivity contribution in [1.29, 1.82) is 0 Å². The molecule has 0 rings (SSSR count). The van der Waals surface area contributed by atoms with Gasteiger partial charge in [0, 0.05) is 12.8 Å². The van der Waals surface area contributed by atoms with Gasteiger partial charge < -0.3 is 20.3 Å². The number of allylic oxidation sites excluding steroid dienone is 2. The van der Waals surface area contributed by atoms with E-state index >= 15 is 0 Å². The molecule has 0 aromatic heterocycles. The highest BCUT2D eigenvalue weighted by atomic mass is 16.5. The van der Waals surface area contributed by atoms with E-state index in [1.807, 2.05) is 0 Å². The van der Waals surface area contributed by atoms with Crippen molar-refractivity contribution < 1.29 is 24.5 Å². The minimum Gasteiger partial charge on any atom is -0.466 e. The topological polar surface area (TPSA) is 95.9 Å². The Morgan fingerprint density at radius 1 is 0.375 bits per heavy atom. The second kappa shape index (κ2) is 62.1. The van der Waals surface area contributed by atoms with Gasteiger partial charge in [0.05, 0.1) is 25.4 Å². The van der Waals surface area contributed by atoms with Crippen LogP contribution in [0.15, 0.2) is 12.2 Å². The fourth-order valence-corrected chi connectivity index (χ4v) is 10.5. The van der Waals surface area contributed by atoms with Gasteiger partial charge in [-0.1, -0.05) is 321 Å². The molecule has 0 aromatic rings. The average Bonchev–Trinajstić information content (AvgIpc) is 3.38. The zero-order valence-corrected chi connectivity index (χ0v) is 48.9. The number of ether oxygens (including phenoxy) is 1. The maximum Gasteiger partial charge on any atom is 0.305 e. The number of nitrogens with one attached hydrogen (secondary N) is 1. The zero-order chi connectivity index (χ0) is 52.2. The summed E-state index contributed by atoms with van der Waals surface area (Å²) < 4.78 is 5.50. The molecule has 0 aromatic carbocycles. The molecule has 6 heteroatoms. The van der Waals surface area contributed by atoms with E-state index in [-0.39, 0.29) is 18.5 Å². The number of carbonyl (C=O) groups excluding carboxylic acids is 2. The van der Waals surface area contributed by atoms with Gasteiger partial charge in [-0.05, 0) is 51.4 Å². The Balaban J connectivity index is 3.37. The molecular formula is C66H129NO5. The van der Waals surface area contributed by atoms with Crippen molar-refractivity contribution in [3.05, 3.63) is 12.2 Å². The summed E-state index contributed by atoms with van der Waals surface area (Å²) in [6.45, 7) is 4.98. The molecule has 0 saturated heterocycles. The summed E-state index contributed by atoms with van der Waals surface area (Å²) in [6, 6.07) is -0.545. The second-order valence-electron chi connectivity index (χ2n) is 22.8. The van der Waals surface area contributed by atoms with Crippen molar-refractivity contribution in [3.63, 3.8) is 0 Å². The Bertz CT molecular complexity index is 1080. The summed E-state index contributed by atoms with van der Waals surface area (Å²) in [5, 5.41) is 23.3. The minimum atomic E-state index is -0.667. The van der Waals surface area contributed by atoms with Gasteiger partial charge in [0.1, 0.15) is 0 Å². The van der Waals surface area contributed by atoms with Crippen LogP contribution in [0.4, 0.5) is 0 Å². The van der Waals surface area contributed by atoms with Crippen LogP contribution in [0.25, 0.3) is 0 Å². The van der Waals surface area contributed by atoms with Crippen LogP contribution in [0, 0.1) is 0 Å². The lowest BCUT2D eigenvalue weighted by Crippen LogP contribution is -2.45. The molecule has 0 saturated carbocycles. The summed E-state index contributed by atoms with van der Waals surface area (Å²) in [7, 11) is 0. The van der Waals surface area contributed by atoms with Crippen LogP contribution in [0.1, 0.15) is 373 Å². The van der Waals surface area contributed by atoms with E-state index in [0.29, 0.717) is 25.9 Å². The summed E-state index contributed by atoms with van der Waals surface area (Å²) in [6.07, 6.45) is 75.2. The van der Waals surface area contributed by atoms with Gasteiger partial charge in [-0.25, -0.2) is 0 Å². The van der Waals surface area contributed by atoms with Crippen LogP contribution >= 0.6 is 0 Å². The van der Waals surface area contributed by atoms with Crippen LogP contribution in [-0.4, -0.2) is 47.4 Å². The third kappa shape index (κ3) is 57.9. The highest BCUT2D eigenvalue weighted by Crippen LogP contribution is 2.18. The molecule has 428 valence electrons. The van der Waals surface area contributed by atoms with E-state index in [1.165, 1.54) is 302 Å². The van der Waals surface area contributed by atoms with Gasteiger partial charge in [0.15, 0.2) is 0 Å². The third-order valence-electron chi connectivity index (χ3n) is 15.6. The van der Waals surface area contributed by atoms with Crippen LogP contribution < -0.4 is 5.32 Å². The number of carbonyl (C=O) groups is 2. The number of aliphatic hydroxyl groups is 2. The molecule has 0 radical (unpaired) electrons. The standard InChI is InChI=1S/C66H129NO5/c1-3-5-7-9-11-13-15-17-19-20-29-32-36-40-44-48-52-56-60-66(71)72-61-57-53-49-45-41-37-33-30-27-25-23-21-22-24-26-28-31-35-39-43-47-51-55-59-65(70)67-63(62-68)64(69)58-54-50-46-42-38-34-18-16-14-12-10-8-6-4-2/h24,26,63-64,68-69H,3-23,25,27-62H2,1-2H3,(H,67,70)/b26-24-. The Kier molecular flexibility index (Phi) is 60.9. The zero-order valence-electron chi connectivity index (χ0n) is 48.9. The molecule has 0 bridgehead atoms. The first-order valence-corrected chi connectivity index (χ1v) is 32.9. The average molecular weight is 1020 g/mol.